The maximum atomic E-state index is 15.4. The lowest BCUT2D eigenvalue weighted by Gasteiger charge is -2.43. The minimum Gasteiger partial charge on any atom is -0.475 e. The molecule has 3 aromatic rings. The summed E-state index contributed by atoms with van der Waals surface area (Å²) in [5, 5.41) is 9.28. The molecule has 12 heteroatoms. The van der Waals surface area contributed by atoms with Crippen molar-refractivity contribution in [3.8, 4) is 5.88 Å². The Kier molecular flexibility index (Phi) is 6.21. The van der Waals surface area contributed by atoms with Crippen LogP contribution in [0.25, 0.3) is 15.7 Å². The van der Waals surface area contributed by atoms with Gasteiger partial charge in [0, 0.05) is 11.4 Å². The molecule has 190 valence electrons. The molecule has 2 fully saturated rings. The molecule has 0 atom stereocenters. The van der Waals surface area contributed by atoms with Crippen LogP contribution in [-0.2, 0) is 4.79 Å². The summed E-state index contributed by atoms with van der Waals surface area (Å²) in [6, 6.07) is 7.52. The van der Waals surface area contributed by atoms with Crippen LogP contribution in [0, 0.1) is 19.3 Å². The number of aliphatic hydroxyl groups excluding tert-OH is 1. The van der Waals surface area contributed by atoms with Crippen molar-refractivity contribution in [2.45, 2.75) is 38.2 Å². The number of hydrogen-bond acceptors (Lipinski definition) is 6. The number of aryl methyl sites for hydroxylation is 1. The van der Waals surface area contributed by atoms with Crippen molar-refractivity contribution in [2.24, 2.45) is 0 Å². The van der Waals surface area contributed by atoms with E-state index in [2.05, 4.69) is 14.8 Å². The molecule has 1 amide bonds. The van der Waals surface area contributed by atoms with Crippen molar-refractivity contribution in [3.05, 3.63) is 59.0 Å². The predicted octanol–water partition coefficient (Wildman–Crippen LogP) is 5.00. The van der Waals surface area contributed by atoms with Crippen LogP contribution in [0.2, 0.25) is 0 Å². The number of nitrogens with zero attached hydrogens (tertiary/aromatic N) is 5. The Balaban J connectivity index is 1.65. The van der Waals surface area contributed by atoms with Gasteiger partial charge in [0.25, 0.3) is 12.3 Å². The molecule has 8 nitrogen and oxygen atoms in total. The molecule has 5 rings (SSSR count). The lowest BCUT2D eigenvalue weighted by atomic mass is 9.75. The van der Waals surface area contributed by atoms with E-state index in [9.17, 15) is 13.6 Å². The first-order valence-corrected chi connectivity index (χ1v) is 11.8. The highest BCUT2D eigenvalue weighted by molar-refractivity contribution is 7.81. The molecule has 1 saturated carbocycles. The van der Waals surface area contributed by atoms with Crippen LogP contribution in [-0.4, -0.2) is 44.8 Å². The Morgan fingerprint density at radius 1 is 1.24 bits per heavy atom. The largest absolute Gasteiger partial charge is 0.475 e. The fraction of sp³-hybridized carbons (Fsp3) is 0.320. The Labute approximate surface area is 215 Å². The number of fused-ring (bicyclic) bond motifs is 1. The first-order chi connectivity index (χ1) is 17.7. The van der Waals surface area contributed by atoms with E-state index < -0.39 is 30.2 Å². The predicted molar refractivity (Wildman–Crippen MR) is 134 cm³/mol. The van der Waals surface area contributed by atoms with Crippen molar-refractivity contribution in [1.29, 1.82) is 0 Å². The normalized spacial score (nSPS) is 16.6. The number of halogens is 3. The smallest absolute Gasteiger partial charge is 0.297 e. The van der Waals surface area contributed by atoms with Crippen LogP contribution in [0.15, 0.2) is 30.3 Å². The molecule has 1 aromatic heterocycles. The van der Waals surface area contributed by atoms with Gasteiger partial charge in [-0.25, -0.2) is 23.0 Å². The number of rotatable bonds is 6. The third kappa shape index (κ3) is 3.86. The topological polar surface area (TPSA) is 83.2 Å². The second-order valence-corrected chi connectivity index (χ2v) is 9.17. The van der Waals surface area contributed by atoms with Gasteiger partial charge in [-0.2, -0.15) is 4.98 Å². The zero-order valence-electron chi connectivity index (χ0n) is 19.5. The van der Waals surface area contributed by atoms with E-state index in [0.717, 1.165) is 12.5 Å². The Hall–Kier alpha value is -3.82. The highest BCUT2D eigenvalue weighted by atomic mass is 32.1. The molecule has 1 N–H and O–H groups in total. The van der Waals surface area contributed by atoms with Crippen LogP contribution in [0.5, 0.6) is 5.88 Å². The number of anilines is 2. The maximum Gasteiger partial charge on any atom is 0.297 e. The third-order valence-electron chi connectivity index (χ3n) is 6.66. The molecule has 1 spiro atoms. The number of amides is 1. The quantitative estimate of drug-likeness (QED) is 0.357. The molecule has 2 aliphatic rings. The standard InChI is InChI=1S/C25H20F3N5O3S/c1-13-10-14(4-5-18(13)29-2)32-23(35)25(6-3-7-25)33(24(32)37)15-11-16-19(17(26)12-15)30-21(20(27)28)31-22(16)36-9-8-34/h4-5,10-12,20,34H,3,6-9H2,1H3. The summed E-state index contributed by atoms with van der Waals surface area (Å²) in [6.07, 6.45) is -1.34. The monoisotopic (exact) mass is 527 g/mol. The van der Waals surface area contributed by atoms with Gasteiger partial charge in [-0.3, -0.25) is 9.69 Å². The van der Waals surface area contributed by atoms with Gasteiger partial charge in [0.2, 0.25) is 5.88 Å². The number of aromatic nitrogens is 2. The van der Waals surface area contributed by atoms with Crippen molar-refractivity contribution in [1.82, 2.24) is 9.97 Å². The van der Waals surface area contributed by atoms with Crippen LogP contribution in [0.1, 0.15) is 37.1 Å². The zero-order valence-corrected chi connectivity index (χ0v) is 20.4. The van der Waals surface area contributed by atoms with E-state index in [4.69, 9.17) is 28.6 Å². The van der Waals surface area contributed by atoms with Gasteiger partial charge >= 0.3 is 0 Å². The number of thiocarbonyl (C=S) groups is 1. The minimum atomic E-state index is -3.06. The first-order valence-electron chi connectivity index (χ1n) is 11.4. The molecule has 1 aliphatic heterocycles. The number of carbonyl (C=O) groups excluding carboxylic acids is 1. The third-order valence-corrected chi connectivity index (χ3v) is 7.02. The number of benzene rings is 2. The molecular weight excluding hydrogens is 507 g/mol. The number of aliphatic hydroxyl groups is 1. The van der Waals surface area contributed by atoms with E-state index >= 15 is 4.39 Å². The van der Waals surface area contributed by atoms with Crippen LogP contribution in [0.4, 0.5) is 30.2 Å². The Morgan fingerprint density at radius 2 is 2.00 bits per heavy atom. The van der Waals surface area contributed by atoms with Crippen molar-refractivity contribution in [2.75, 3.05) is 23.0 Å². The molecule has 0 radical (unpaired) electrons. The van der Waals surface area contributed by atoms with Crippen molar-refractivity contribution >= 4 is 51.2 Å². The molecule has 2 aromatic carbocycles. The fourth-order valence-corrected chi connectivity index (χ4v) is 5.23. The van der Waals surface area contributed by atoms with E-state index in [1.54, 1.807) is 30.0 Å². The van der Waals surface area contributed by atoms with Gasteiger partial charge in [-0.15, -0.1) is 0 Å². The molecular formula is C25H20F3N5O3S. The second-order valence-electron chi connectivity index (χ2n) is 8.81. The van der Waals surface area contributed by atoms with Crippen molar-refractivity contribution < 1.29 is 27.8 Å². The van der Waals surface area contributed by atoms with Gasteiger partial charge in [-0.05, 0) is 68.2 Å². The SMILES string of the molecule is [C-]#[N+]c1ccc(N2C(=O)C3(CCC3)N(c3cc(F)c4nc(C(F)F)nc(OCCO)c4c3)C2=S)cc1C. The number of hydrogen-bond donors (Lipinski definition) is 1. The lowest BCUT2D eigenvalue weighted by molar-refractivity contribution is -0.123. The van der Waals surface area contributed by atoms with Gasteiger partial charge in [0.05, 0.1) is 18.6 Å². The summed E-state index contributed by atoms with van der Waals surface area (Å²) in [6.45, 7) is 8.37. The minimum absolute atomic E-state index is 0.00766. The van der Waals surface area contributed by atoms with Crippen molar-refractivity contribution in [3.63, 3.8) is 0 Å². The summed E-state index contributed by atoms with van der Waals surface area (Å²) in [7, 11) is 0. The number of carbonyl (C=O) groups is 1. The van der Waals surface area contributed by atoms with Crippen LogP contribution >= 0.6 is 12.2 Å². The Morgan fingerprint density at radius 3 is 2.59 bits per heavy atom. The average molecular weight is 528 g/mol. The Bertz CT molecular complexity index is 1490. The molecule has 1 saturated heterocycles. The van der Waals surface area contributed by atoms with Gasteiger partial charge in [0.15, 0.2) is 22.4 Å². The molecule has 37 heavy (non-hydrogen) atoms. The van der Waals surface area contributed by atoms with E-state index in [0.29, 0.717) is 29.8 Å². The summed E-state index contributed by atoms with van der Waals surface area (Å²) in [4.78, 5) is 27.6. The van der Waals surface area contributed by atoms with Gasteiger partial charge in [0.1, 0.15) is 17.7 Å². The maximum absolute atomic E-state index is 15.4. The molecule has 0 unspecified atom stereocenters. The average Bonchev–Trinajstić information content (AvgIpc) is 3.09. The highest BCUT2D eigenvalue weighted by Gasteiger charge is 2.59. The zero-order chi connectivity index (χ0) is 26.5. The highest BCUT2D eigenvalue weighted by Crippen LogP contribution is 2.49. The molecule has 0 bridgehead atoms. The lowest BCUT2D eigenvalue weighted by Crippen LogP contribution is -2.55. The van der Waals surface area contributed by atoms with Gasteiger partial charge in [-0.1, -0.05) is 6.07 Å². The number of alkyl halides is 2. The summed E-state index contributed by atoms with van der Waals surface area (Å²) >= 11 is 5.73. The first kappa shape index (κ1) is 24.9. The van der Waals surface area contributed by atoms with Crippen LogP contribution in [0.3, 0.4) is 0 Å². The van der Waals surface area contributed by atoms with E-state index in [-0.39, 0.29) is 40.1 Å². The molecule has 1 aliphatic carbocycles. The molecule has 2 heterocycles. The number of ether oxygens (including phenoxy) is 1. The summed E-state index contributed by atoms with van der Waals surface area (Å²) in [5.74, 6) is -2.39. The summed E-state index contributed by atoms with van der Waals surface area (Å²) in [5.41, 5.74) is 0.446. The van der Waals surface area contributed by atoms with Gasteiger partial charge < -0.3 is 14.7 Å². The van der Waals surface area contributed by atoms with E-state index in [1.807, 2.05) is 0 Å². The second kappa shape index (κ2) is 9.24. The van der Waals surface area contributed by atoms with Crippen LogP contribution < -0.4 is 14.5 Å². The fourth-order valence-electron chi connectivity index (χ4n) is 4.76. The summed E-state index contributed by atoms with van der Waals surface area (Å²) < 4.78 is 47.4. The van der Waals surface area contributed by atoms with E-state index in [1.165, 1.54) is 11.0 Å².